The summed E-state index contributed by atoms with van der Waals surface area (Å²) in [5, 5.41) is 13.9. The number of hydroxylamine groups is 2. The minimum Gasteiger partial charge on any atom is -0.634 e. The van der Waals surface area contributed by atoms with Crippen molar-refractivity contribution in [2.45, 2.75) is 0 Å². The molecule has 0 bridgehead atoms. The highest BCUT2D eigenvalue weighted by Gasteiger charge is 2.01. The van der Waals surface area contributed by atoms with Gasteiger partial charge in [0.25, 0.3) is 0 Å². The van der Waals surface area contributed by atoms with Gasteiger partial charge in [0.05, 0.1) is 13.1 Å². The molecule has 2 N–H and O–H groups in total. The molecule has 1 fully saturated rings. The number of nitrogens with one attached hydrogen (secondary N) is 2. The number of hydrogen-bond acceptors (Lipinski definition) is 2. The summed E-state index contributed by atoms with van der Waals surface area (Å²) in [7, 11) is 0. The van der Waals surface area contributed by atoms with E-state index in [0.29, 0.717) is 5.06 Å². The Morgan fingerprint density at radius 1 is 1.11 bits per heavy atom. The Hall–Kier alpha value is 0.460. The van der Waals surface area contributed by atoms with Crippen LogP contribution in [0.3, 0.4) is 0 Å². The minimum atomic E-state index is 0. The second kappa shape index (κ2) is 6.58. The fraction of sp³-hybridized carbons (Fsp3) is 1.00. The molecule has 0 aromatic carbocycles. The van der Waals surface area contributed by atoms with Crippen molar-refractivity contribution < 1.29 is 5.06 Å². The first-order chi connectivity index (χ1) is 3.39. The smallest absolute Gasteiger partial charge is 0.0895 e. The molecule has 0 radical (unpaired) electrons. The Kier molecular flexibility index (Phi) is 8.89. The zero-order chi connectivity index (χ0) is 5.11. The Morgan fingerprint density at radius 3 is 1.78 bits per heavy atom. The SMILES string of the molecule is Cl.Cl.[O-][NH+]1CCNCC1. The van der Waals surface area contributed by atoms with Crippen LogP contribution in [0.1, 0.15) is 0 Å². The van der Waals surface area contributed by atoms with Crippen LogP contribution in [-0.4, -0.2) is 26.2 Å². The molecule has 0 unspecified atom stereocenters. The quantitative estimate of drug-likeness (QED) is 0.455. The van der Waals surface area contributed by atoms with Crippen molar-refractivity contribution in [3.8, 4) is 0 Å². The van der Waals surface area contributed by atoms with E-state index >= 15 is 0 Å². The van der Waals surface area contributed by atoms with Gasteiger partial charge in [0.1, 0.15) is 0 Å². The molecular formula is C4H12Cl2N2O. The predicted molar refractivity (Wildman–Crippen MR) is 41.4 cm³/mol. The number of hydrogen-bond donors (Lipinski definition) is 2. The van der Waals surface area contributed by atoms with Crippen LogP contribution >= 0.6 is 24.8 Å². The van der Waals surface area contributed by atoms with Crippen molar-refractivity contribution in [3.05, 3.63) is 5.21 Å². The molecule has 0 aromatic heterocycles. The van der Waals surface area contributed by atoms with E-state index in [2.05, 4.69) is 5.32 Å². The second-order valence-corrected chi connectivity index (χ2v) is 1.79. The summed E-state index contributed by atoms with van der Waals surface area (Å²) in [4.78, 5) is 0. The van der Waals surface area contributed by atoms with E-state index in [1.54, 1.807) is 0 Å². The summed E-state index contributed by atoms with van der Waals surface area (Å²) in [5.41, 5.74) is 0. The molecule has 0 aromatic rings. The van der Waals surface area contributed by atoms with Gasteiger partial charge in [-0.05, 0) is 0 Å². The van der Waals surface area contributed by atoms with Crippen LogP contribution in [-0.2, 0) is 0 Å². The second-order valence-electron chi connectivity index (χ2n) is 1.79. The van der Waals surface area contributed by atoms with Crippen LogP contribution in [0.5, 0.6) is 0 Å². The largest absolute Gasteiger partial charge is 0.634 e. The van der Waals surface area contributed by atoms with Crippen molar-refractivity contribution in [1.29, 1.82) is 0 Å². The van der Waals surface area contributed by atoms with Crippen molar-refractivity contribution in [2.75, 3.05) is 26.2 Å². The molecule has 58 valence electrons. The number of piperazine rings is 1. The lowest BCUT2D eigenvalue weighted by molar-refractivity contribution is -0.850. The van der Waals surface area contributed by atoms with Gasteiger partial charge in [0.15, 0.2) is 0 Å². The molecule has 3 nitrogen and oxygen atoms in total. The zero-order valence-corrected chi connectivity index (χ0v) is 6.69. The van der Waals surface area contributed by atoms with Gasteiger partial charge in [0.2, 0.25) is 0 Å². The standard InChI is InChI=1S/C4H10N2O.2ClH/c7-6-3-1-5-2-4-6;;/h5-6H,1-4H2;2*1H. The predicted octanol–water partition coefficient (Wildman–Crippen LogP) is -1.18. The first kappa shape index (κ1) is 12.2. The molecule has 0 atom stereocenters. The van der Waals surface area contributed by atoms with Gasteiger partial charge in [-0.3, -0.25) is 0 Å². The molecule has 0 aliphatic carbocycles. The average molecular weight is 175 g/mol. The third-order valence-corrected chi connectivity index (χ3v) is 1.16. The summed E-state index contributed by atoms with van der Waals surface area (Å²) < 4.78 is 0. The van der Waals surface area contributed by atoms with Crippen LogP contribution in [0.2, 0.25) is 0 Å². The average Bonchev–Trinajstić information content (AvgIpc) is 1.69. The minimum absolute atomic E-state index is 0. The summed E-state index contributed by atoms with van der Waals surface area (Å²) in [6.45, 7) is 3.25. The maximum atomic E-state index is 10.4. The van der Waals surface area contributed by atoms with Crippen LogP contribution < -0.4 is 10.4 Å². The highest BCUT2D eigenvalue weighted by atomic mass is 35.5. The van der Waals surface area contributed by atoms with Gasteiger partial charge in [-0.1, -0.05) is 0 Å². The van der Waals surface area contributed by atoms with Gasteiger partial charge >= 0.3 is 0 Å². The maximum Gasteiger partial charge on any atom is 0.0895 e. The zero-order valence-electron chi connectivity index (χ0n) is 5.05. The number of halogens is 2. The topological polar surface area (TPSA) is 39.5 Å². The molecule has 0 spiro atoms. The molecule has 1 heterocycles. The molecule has 5 heteroatoms. The Morgan fingerprint density at radius 2 is 1.56 bits per heavy atom. The number of quaternary nitrogens is 1. The lowest BCUT2D eigenvalue weighted by Gasteiger charge is -2.26. The normalized spacial score (nSPS) is 19.7. The van der Waals surface area contributed by atoms with Crippen LogP contribution in [0.25, 0.3) is 0 Å². The third kappa shape index (κ3) is 4.93. The molecule has 0 amide bonds. The molecule has 9 heavy (non-hydrogen) atoms. The molecule has 1 aliphatic heterocycles. The van der Waals surface area contributed by atoms with Crippen molar-refractivity contribution in [2.24, 2.45) is 0 Å². The van der Waals surface area contributed by atoms with E-state index in [1.807, 2.05) is 0 Å². The lowest BCUT2D eigenvalue weighted by atomic mass is 10.4. The molecule has 0 saturated carbocycles. The van der Waals surface area contributed by atoms with E-state index in [4.69, 9.17) is 0 Å². The van der Waals surface area contributed by atoms with Crippen molar-refractivity contribution in [1.82, 2.24) is 5.32 Å². The highest BCUT2D eigenvalue weighted by Crippen LogP contribution is 1.59. The van der Waals surface area contributed by atoms with Crippen LogP contribution in [0.15, 0.2) is 0 Å². The fourth-order valence-corrected chi connectivity index (χ4v) is 0.706. The molecule has 1 rings (SSSR count). The van der Waals surface area contributed by atoms with E-state index in [1.165, 1.54) is 0 Å². The maximum absolute atomic E-state index is 10.4. The van der Waals surface area contributed by atoms with Gasteiger partial charge in [0, 0.05) is 13.1 Å². The summed E-state index contributed by atoms with van der Waals surface area (Å²) >= 11 is 0. The van der Waals surface area contributed by atoms with E-state index < -0.39 is 0 Å². The lowest BCUT2D eigenvalue weighted by Crippen LogP contribution is -3.10. The summed E-state index contributed by atoms with van der Waals surface area (Å²) in [5.74, 6) is 0. The Bertz CT molecular complexity index is 58.5. The van der Waals surface area contributed by atoms with E-state index in [-0.39, 0.29) is 24.8 Å². The van der Waals surface area contributed by atoms with E-state index in [9.17, 15) is 5.21 Å². The summed E-state index contributed by atoms with van der Waals surface area (Å²) in [6, 6.07) is 0. The highest BCUT2D eigenvalue weighted by molar-refractivity contribution is 5.85. The molecular weight excluding hydrogens is 163 g/mol. The number of rotatable bonds is 0. The van der Waals surface area contributed by atoms with Crippen molar-refractivity contribution in [3.63, 3.8) is 0 Å². The monoisotopic (exact) mass is 174 g/mol. The van der Waals surface area contributed by atoms with Crippen LogP contribution in [0.4, 0.5) is 0 Å². The van der Waals surface area contributed by atoms with E-state index in [0.717, 1.165) is 26.2 Å². The van der Waals surface area contributed by atoms with Gasteiger partial charge < -0.3 is 15.6 Å². The van der Waals surface area contributed by atoms with Gasteiger partial charge in [-0.2, -0.15) is 0 Å². The summed E-state index contributed by atoms with van der Waals surface area (Å²) in [6.07, 6.45) is 0. The molecule has 1 aliphatic rings. The van der Waals surface area contributed by atoms with Crippen molar-refractivity contribution >= 4 is 24.8 Å². The third-order valence-electron chi connectivity index (χ3n) is 1.16. The Balaban J connectivity index is 0. The van der Waals surface area contributed by atoms with Gasteiger partial charge in [-0.15, -0.1) is 24.8 Å². The van der Waals surface area contributed by atoms with Crippen LogP contribution in [0, 0.1) is 5.21 Å². The first-order valence-electron chi connectivity index (χ1n) is 2.62. The fourth-order valence-electron chi connectivity index (χ4n) is 0.706. The molecule has 1 saturated heterocycles. The van der Waals surface area contributed by atoms with Gasteiger partial charge in [-0.25, -0.2) is 0 Å². The Labute approximate surface area is 67.2 Å². The first-order valence-corrected chi connectivity index (χ1v) is 2.62.